The minimum absolute atomic E-state index is 0.224. The lowest BCUT2D eigenvalue weighted by Gasteiger charge is -2.20. The van der Waals surface area contributed by atoms with Crippen LogP contribution in [0.3, 0.4) is 0 Å². The second-order valence-electron chi connectivity index (χ2n) is 4.86. The molecule has 2 heteroatoms. The lowest BCUT2D eigenvalue weighted by molar-refractivity contribution is 0.427. The molecule has 0 aromatic carbocycles. The van der Waals surface area contributed by atoms with Gasteiger partial charge in [-0.2, -0.15) is 0 Å². The molecule has 0 fully saturated rings. The van der Waals surface area contributed by atoms with Gasteiger partial charge in [0.15, 0.2) is 0 Å². The first-order valence-corrected chi connectivity index (χ1v) is 7.16. The van der Waals surface area contributed by atoms with Crippen LogP contribution in [0.1, 0.15) is 50.8 Å². The third kappa shape index (κ3) is 5.08. The van der Waals surface area contributed by atoms with Crippen LogP contribution in [0.2, 0.25) is 0 Å². The molecule has 0 aliphatic heterocycles. The molecule has 0 N–H and O–H groups in total. The highest BCUT2D eigenvalue weighted by atomic mass is 35.5. The predicted molar refractivity (Wildman–Crippen MR) is 75.6 cm³/mol. The maximum atomic E-state index is 6.52. The third-order valence-electron chi connectivity index (χ3n) is 3.34. The highest BCUT2D eigenvalue weighted by Crippen LogP contribution is 2.24. The van der Waals surface area contributed by atoms with Crippen LogP contribution >= 0.6 is 11.6 Å². The SMILES string of the molecule is CCCCC(CC)C(Cl)Cc1ccc(C)cn1. The Kier molecular flexibility index (Phi) is 6.57. The van der Waals surface area contributed by atoms with Gasteiger partial charge in [0, 0.05) is 23.7 Å². The largest absolute Gasteiger partial charge is 0.261 e. The van der Waals surface area contributed by atoms with E-state index in [1.807, 2.05) is 6.20 Å². The molecule has 17 heavy (non-hydrogen) atoms. The van der Waals surface area contributed by atoms with Crippen molar-refractivity contribution in [1.82, 2.24) is 4.98 Å². The van der Waals surface area contributed by atoms with Crippen LogP contribution in [0.15, 0.2) is 18.3 Å². The van der Waals surface area contributed by atoms with E-state index in [2.05, 4.69) is 37.9 Å². The molecule has 96 valence electrons. The molecule has 0 radical (unpaired) electrons. The minimum atomic E-state index is 0.224. The smallest absolute Gasteiger partial charge is 0.0419 e. The van der Waals surface area contributed by atoms with Crippen molar-refractivity contribution in [3.63, 3.8) is 0 Å². The van der Waals surface area contributed by atoms with E-state index >= 15 is 0 Å². The Balaban J connectivity index is 2.51. The average molecular weight is 254 g/mol. The Morgan fingerprint density at radius 3 is 2.59 bits per heavy atom. The van der Waals surface area contributed by atoms with Crippen molar-refractivity contribution in [2.45, 2.75) is 58.3 Å². The summed E-state index contributed by atoms with van der Waals surface area (Å²) in [4.78, 5) is 4.43. The summed E-state index contributed by atoms with van der Waals surface area (Å²) in [7, 11) is 0. The first-order chi connectivity index (χ1) is 8.17. The van der Waals surface area contributed by atoms with Crippen LogP contribution in [0.25, 0.3) is 0 Å². The number of pyridine rings is 1. The maximum Gasteiger partial charge on any atom is 0.0419 e. The van der Waals surface area contributed by atoms with Gasteiger partial charge in [0.05, 0.1) is 0 Å². The molecule has 0 amide bonds. The number of rotatable bonds is 7. The second-order valence-corrected chi connectivity index (χ2v) is 5.42. The Bertz CT molecular complexity index is 307. The summed E-state index contributed by atoms with van der Waals surface area (Å²) in [6.07, 6.45) is 7.76. The fourth-order valence-electron chi connectivity index (χ4n) is 2.09. The summed E-state index contributed by atoms with van der Waals surface area (Å²) in [6, 6.07) is 4.20. The zero-order valence-electron chi connectivity index (χ0n) is 11.2. The van der Waals surface area contributed by atoms with Crippen LogP contribution in [-0.2, 0) is 6.42 Å². The quantitative estimate of drug-likeness (QED) is 0.639. The number of aryl methyl sites for hydroxylation is 1. The van der Waals surface area contributed by atoms with E-state index in [4.69, 9.17) is 11.6 Å². The molecule has 1 heterocycles. The highest BCUT2D eigenvalue weighted by molar-refractivity contribution is 6.20. The van der Waals surface area contributed by atoms with Crippen molar-refractivity contribution < 1.29 is 0 Å². The number of nitrogens with zero attached hydrogens (tertiary/aromatic N) is 1. The van der Waals surface area contributed by atoms with Crippen LogP contribution in [-0.4, -0.2) is 10.4 Å². The van der Waals surface area contributed by atoms with Gasteiger partial charge in [0.1, 0.15) is 0 Å². The molecule has 0 aliphatic carbocycles. The third-order valence-corrected chi connectivity index (χ3v) is 3.85. The maximum absolute atomic E-state index is 6.52. The summed E-state index contributed by atoms with van der Waals surface area (Å²) < 4.78 is 0. The molecule has 0 bridgehead atoms. The van der Waals surface area contributed by atoms with Gasteiger partial charge in [-0.15, -0.1) is 11.6 Å². The molecule has 0 saturated carbocycles. The molecular formula is C15H24ClN. The first-order valence-electron chi connectivity index (χ1n) is 6.73. The molecule has 0 aliphatic rings. The Morgan fingerprint density at radius 1 is 1.29 bits per heavy atom. The van der Waals surface area contributed by atoms with E-state index in [1.165, 1.54) is 31.2 Å². The number of hydrogen-bond acceptors (Lipinski definition) is 1. The van der Waals surface area contributed by atoms with Gasteiger partial charge in [-0.05, 0) is 30.9 Å². The number of hydrogen-bond donors (Lipinski definition) is 0. The van der Waals surface area contributed by atoms with Gasteiger partial charge in [0.25, 0.3) is 0 Å². The van der Waals surface area contributed by atoms with Crippen LogP contribution in [0.5, 0.6) is 0 Å². The normalized spacial score (nSPS) is 14.6. The van der Waals surface area contributed by atoms with Gasteiger partial charge >= 0.3 is 0 Å². The summed E-state index contributed by atoms with van der Waals surface area (Å²) in [6.45, 7) is 6.53. The number of alkyl halides is 1. The summed E-state index contributed by atoms with van der Waals surface area (Å²) >= 11 is 6.52. The van der Waals surface area contributed by atoms with E-state index in [9.17, 15) is 0 Å². The molecule has 1 aromatic heterocycles. The Labute approximate surface area is 111 Å². The summed E-state index contributed by atoms with van der Waals surface area (Å²) in [5.41, 5.74) is 2.32. The Morgan fingerprint density at radius 2 is 2.06 bits per heavy atom. The molecule has 0 spiro atoms. The van der Waals surface area contributed by atoms with Crippen molar-refractivity contribution in [3.8, 4) is 0 Å². The molecule has 2 unspecified atom stereocenters. The summed E-state index contributed by atoms with van der Waals surface area (Å²) in [5, 5.41) is 0.224. The molecular weight excluding hydrogens is 230 g/mol. The standard InChI is InChI=1S/C15H24ClN/c1-4-6-7-13(5-2)15(16)10-14-9-8-12(3)11-17-14/h8-9,11,13,15H,4-7,10H2,1-3H3. The van der Waals surface area contributed by atoms with Crippen molar-refractivity contribution in [1.29, 1.82) is 0 Å². The number of halogens is 1. The molecule has 1 aromatic rings. The monoisotopic (exact) mass is 253 g/mol. The topological polar surface area (TPSA) is 12.9 Å². The second kappa shape index (κ2) is 7.71. The molecule has 0 saturated heterocycles. The van der Waals surface area contributed by atoms with Gasteiger partial charge in [0.2, 0.25) is 0 Å². The minimum Gasteiger partial charge on any atom is -0.261 e. The molecule has 1 nitrogen and oxygen atoms in total. The fraction of sp³-hybridized carbons (Fsp3) is 0.667. The number of unbranched alkanes of at least 4 members (excludes halogenated alkanes) is 1. The lowest BCUT2D eigenvalue weighted by Crippen LogP contribution is -2.17. The van der Waals surface area contributed by atoms with Gasteiger partial charge < -0.3 is 0 Å². The average Bonchev–Trinajstić information content (AvgIpc) is 2.33. The molecule has 1 rings (SSSR count). The fourth-order valence-corrected chi connectivity index (χ4v) is 2.55. The van der Waals surface area contributed by atoms with Crippen LogP contribution in [0, 0.1) is 12.8 Å². The van der Waals surface area contributed by atoms with Gasteiger partial charge in [-0.1, -0.05) is 39.2 Å². The van der Waals surface area contributed by atoms with Crippen LogP contribution < -0.4 is 0 Å². The van der Waals surface area contributed by atoms with Gasteiger partial charge in [-0.25, -0.2) is 0 Å². The van der Waals surface area contributed by atoms with Crippen molar-refractivity contribution >= 4 is 11.6 Å². The van der Waals surface area contributed by atoms with Crippen molar-refractivity contribution in [2.24, 2.45) is 5.92 Å². The van der Waals surface area contributed by atoms with Crippen molar-refractivity contribution in [3.05, 3.63) is 29.6 Å². The highest BCUT2D eigenvalue weighted by Gasteiger charge is 2.17. The zero-order chi connectivity index (χ0) is 12.7. The van der Waals surface area contributed by atoms with E-state index in [0.29, 0.717) is 5.92 Å². The van der Waals surface area contributed by atoms with E-state index in [0.717, 1.165) is 12.1 Å². The zero-order valence-corrected chi connectivity index (χ0v) is 12.0. The predicted octanol–water partition coefficient (Wildman–Crippen LogP) is 4.76. The van der Waals surface area contributed by atoms with Gasteiger partial charge in [-0.3, -0.25) is 4.98 Å². The van der Waals surface area contributed by atoms with Crippen molar-refractivity contribution in [2.75, 3.05) is 0 Å². The first kappa shape index (κ1) is 14.5. The Hall–Kier alpha value is -0.560. The van der Waals surface area contributed by atoms with E-state index in [1.54, 1.807) is 0 Å². The van der Waals surface area contributed by atoms with Crippen LogP contribution in [0.4, 0.5) is 0 Å². The number of aromatic nitrogens is 1. The summed E-state index contributed by atoms with van der Waals surface area (Å²) in [5.74, 6) is 0.625. The van der Waals surface area contributed by atoms with E-state index < -0.39 is 0 Å². The molecule has 2 atom stereocenters. The van der Waals surface area contributed by atoms with E-state index in [-0.39, 0.29) is 5.38 Å². The lowest BCUT2D eigenvalue weighted by atomic mass is 9.93.